The minimum Gasteiger partial charge on any atom is -0.394 e. The molecule has 0 radical (unpaired) electrons. The maximum atomic E-state index is 13.1. The molecule has 13 heteroatoms. The van der Waals surface area contributed by atoms with Crippen molar-refractivity contribution in [1.82, 2.24) is 5.32 Å². The van der Waals surface area contributed by atoms with Crippen LogP contribution < -0.4 is 5.32 Å². The van der Waals surface area contributed by atoms with Gasteiger partial charge in [-0.05, 0) is 44.9 Å². The van der Waals surface area contributed by atoms with Gasteiger partial charge in [0, 0.05) is 6.42 Å². The first-order valence-corrected chi connectivity index (χ1v) is 28.1. The lowest BCUT2D eigenvalue weighted by atomic mass is 9.99. The minimum atomic E-state index is -5.08. The smallest absolute Gasteiger partial charge is 0.394 e. The molecule has 1 rings (SSSR count). The molecule has 384 valence electrons. The van der Waals surface area contributed by atoms with E-state index in [-0.39, 0.29) is 18.9 Å². The Morgan fingerprint density at radius 3 is 1.46 bits per heavy atom. The Kier molecular flexibility index (Phi) is 40.4. The van der Waals surface area contributed by atoms with Gasteiger partial charge < -0.3 is 35.2 Å². The number of carbonyl (C=O) groups excluding carboxylic acids is 1. The fraction of sp³-hybridized carbons (Fsp3) is 0.904. The van der Waals surface area contributed by atoms with Crippen molar-refractivity contribution in [2.24, 2.45) is 0 Å². The van der Waals surface area contributed by atoms with Gasteiger partial charge in [-0.2, -0.15) is 8.42 Å². The minimum absolute atomic E-state index is 0.233. The Morgan fingerprint density at radius 2 is 1.03 bits per heavy atom. The molecule has 1 fully saturated rings. The van der Waals surface area contributed by atoms with Crippen LogP contribution >= 0.6 is 0 Å². The first-order chi connectivity index (χ1) is 31.5. The standard InChI is InChI=1S/C52H99NO11S/c1-3-5-7-9-11-13-15-17-18-19-20-21-22-23-24-25-26-27-28-30-32-34-36-38-40-42-48(56)53-45(46(55)41-39-37-35-33-31-29-16-14-12-10-8-6-4-2)44-62-52-50(58)51(64-65(59,60)61)49(57)47(43-54)63-52/h20-21,23-24,45-47,49-52,54-55,57-58H,3-19,22,25-44H2,1-2H3,(H,53,56)(H,59,60,61)/b21-20-,24-23-. The van der Waals surface area contributed by atoms with Crippen molar-refractivity contribution in [3.05, 3.63) is 24.3 Å². The fourth-order valence-electron chi connectivity index (χ4n) is 8.61. The Hall–Kier alpha value is -1.42. The van der Waals surface area contributed by atoms with Crippen molar-refractivity contribution < 1.29 is 51.8 Å². The van der Waals surface area contributed by atoms with Crippen LogP contribution in [0.15, 0.2) is 24.3 Å². The predicted molar refractivity (Wildman–Crippen MR) is 264 cm³/mol. The third-order valence-electron chi connectivity index (χ3n) is 12.8. The highest BCUT2D eigenvalue weighted by molar-refractivity contribution is 7.80. The van der Waals surface area contributed by atoms with Gasteiger partial charge in [-0.15, -0.1) is 0 Å². The van der Waals surface area contributed by atoms with E-state index in [0.29, 0.717) is 12.8 Å². The second kappa shape index (κ2) is 42.7. The maximum absolute atomic E-state index is 13.1. The summed E-state index contributed by atoms with van der Waals surface area (Å²) >= 11 is 0. The molecular formula is C52H99NO11S. The van der Waals surface area contributed by atoms with E-state index in [1.165, 1.54) is 154 Å². The summed E-state index contributed by atoms with van der Waals surface area (Å²) in [4.78, 5) is 13.1. The van der Waals surface area contributed by atoms with Crippen LogP contribution in [-0.2, 0) is 28.9 Å². The van der Waals surface area contributed by atoms with E-state index in [9.17, 15) is 38.2 Å². The van der Waals surface area contributed by atoms with Crippen LogP contribution in [0.1, 0.15) is 245 Å². The Balaban J connectivity index is 2.36. The highest BCUT2D eigenvalue weighted by atomic mass is 32.3. The van der Waals surface area contributed by atoms with Crippen LogP contribution in [0.5, 0.6) is 0 Å². The van der Waals surface area contributed by atoms with E-state index in [4.69, 9.17) is 9.47 Å². The largest absolute Gasteiger partial charge is 0.397 e. The summed E-state index contributed by atoms with van der Waals surface area (Å²) < 4.78 is 47.8. The number of allylic oxidation sites excluding steroid dienone is 4. The van der Waals surface area contributed by atoms with Gasteiger partial charge in [0.15, 0.2) is 6.29 Å². The molecule has 65 heavy (non-hydrogen) atoms. The van der Waals surface area contributed by atoms with Crippen LogP contribution in [0.2, 0.25) is 0 Å². The Labute approximate surface area is 397 Å². The highest BCUT2D eigenvalue weighted by Gasteiger charge is 2.48. The number of hydrogen-bond acceptors (Lipinski definition) is 10. The predicted octanol–water partition coefficient (Wildman–Crippen LogP) is 11.7. The molecule has 7 unspecified atom stereocenters. The van der Waals surface area contributed by atoms with Gasteiger partial charge in [-0.1, -0.05) is 218 Å². The molecule has 0 saturated carbocycles. The van der Waals surface area contributed by atoms with Crippen molar-refractivity contribution in [3.8, 4) is 0 Å². The van der Waals surface area contributed by atoms with Crippen LogP contribution in [0.4, 0.5) is 0 Å². The van der Waals surface area contributed by atoms with Gasteiger partial charge in [0.05, 0.1) is 25.4 Å². The van der Waals surface area contributed by atoms with E-state index < -0.39 is 59.9 Å². The van der Waals surface area contributed by atoms with E-state index in [2.05, 4.69) is 47.7 Å². The van der Waals surface area contributed by atoms with Crippen LogP contribution in [-0.4, -0.2) is 95.4 Å². The van der Waals surface area contributed by atoms with E-state index in [1.807, 2.05) is 0 Å². The van der Waals surface area contributed by atoms with Crippen LogP contribution in [0.25, 0.3) is 0 Å². The molecule has 1 aliphatic heterocycles. The topological polar surface area (TPSA) is 192 Å². The molecule has 0 aliphatic carbocycles. The van der Waals surface area contributed by atoms with Crippen LogP contribution in [0, 0.1) is 0 Å². The number of aliphatic hydroxyl groups excluding tert-OH is 4. The molecule has 1 amide bonds. The number of hydrogen-bond donors (Lipinski definition) is 6. The quantitative estimate of drug-likeness (QED) is 0.0193. The molecule has 0 spiro atoms. The van der Waals surface area contributed by atoms with E-state index in [1.54, 1.807) is 0 Å². The molecule has 0 aromatic carbocycles. The zero-order chi connectivity index (χ0) is 47.6. The Morgan fingerprint density at radius 1 is 0.615 bits per heavy atom. The summed E-state index contributed by atoms with van der Waals surface area (Å²) in [5.74, 6) is -0.233. The highest BCUT2D eigenvalue weighted by Crippen LogP contribution is 2.26. The van der Waals surface area contributed by atoms with Gasteiger partial charge in [0.1, 0.15) is 24.4 Å². The van der Waals surface area contributed by atoms with Crippen molar-refractivity contribution >= 4 is 16.3 Å². The van der Waals surface area contributed by atoms with Gasteiger partial charge in [0.2, 0.25) is 5.91 Å². The fourth-order valence-corrected chi connectivity index (χ4v) is 9.12. The maximum Gasteiger partial charge on any atom is 0.397 e. The second-order valence-electron chi connectivity index (χ2n) is 18.8. The van der Waals surface area contributed by atoms with Gasteiger partial charge >= 0.3 is 10.4 Å². The average molecular weight is 946 g/mol. The molecule has 7 atom stereocenters. The Bertz CT molecular complexity index is 1250. The number of unbranched alkanes of at least 4 members (excludes halogenated alkanes) is 30. The first kappa shape index (κ1) is 61.6. The third-order valence-corrected chi connectivity index (χ3v) is 13.2. The monoisotopic (exact) mass is 946 g/mol. The molecule has 1 heterocycles. The molecule has 0 bridgehead atoms. The van der Waals surface area contributed by atoms with E-state index in [0.717, 1.165) is 57.8 Å². The SMILES string of the molecule is CCCCCCCCCCC/C=C\C/C=C\CCCCCCCCCCCC(=O)NC(COC1OC(CO)C(O)C(OS(=O)(=O)O)C1O)C(O)CCCCCCCCCCCCCCC. The zero-order valence-electron chi connectivity index (χ0n) is 41.3. The molecule has 1 aliphatic rings. The number of ether oxygens (including phenoxy) is 2. The third kappa shape index (κ3) is 35.4. The second-order valence-corrected chi connectivity index (χ2v) is 19.9. The van der Waals surface area contributed by atoms with Crippen LogP contribution in [0.3, 0.4) is 0 Å². The van der Waals surface area contributed by atoms with E-state index >= 15 is 0 Å². The number of nitrogens with one attached hydrogen (secondary N) is 1. The first-order valence-electron chi connectivity index (χ1n) is 26.7. The number of rotatable bonds is 46. The normalized spacial score (nSPS) is 20.3. The molecule has 1 saturated heterocycles. The zero-order valence-corrected chi connectivity index (χ0v) is 42.1. The summed E-state index contributed by atoms with van der Waals surface area (Å²) in [6.07, 6.45) is 41.8. The summed E-state index contributed by atoms with van der Waals surface area (Å²) in [7, 11) is -5.08. The average Bonchev–Trinajstić information content (AvgIpc) is 3.28. The van der Waals surface area contributed by atoms with Crippen molar-refractivity contribution in [2.75, 3.05) is 13.2 Å². The number of aliphatic hydroxyl groups is 4. The van der Waals surface area contributed by atoms with Crippen molar-refractivity contribution in [1.29, 1.82) is 0 Å². The van der Waals surface area contributed by atoms with Gasteiger partial charge in [0.25, 0.3) is 0 Å². The van der Waals surface area contributed by atoms with Crippen molar-refractivity contribution in [3.63, 3.8) is 0 Å². The summed E-state index contributed by atoms with van der Waals surface area (Å²) in [5.41, 5.74) is 0. The summed E-state index contributed by atoms with van der Waals surface area (Å²) in [6.45, 7) is 3.46. The summed E-state index contributed by atoms with van der Waals surface area (Å²) in [5, 5.41) is 45.0. The lowest BCUT2D eigenvalue weighted by Gasteiger charge is -2.41. The lowest BCUT2D eigenvalue weighted by Crippen LogP contribution is -2.61. The molecule has 0 aromatic heterocycles. The lowest BCUT2D eigenvalue weighted by molar-refractivity contribution is -0.298. The van der Waals surface area contributed by atoms with Gasteiger partial charge in [-0.3, -0.25) is 9.35 Å². The molecule has 12 nitrogen and oxygen atoms in total. The number of carbonyl (C=O) groups is 1. The number of amides is 1. The summed E-state index contributed by atoms with van der Waals surface area (Å²) in [6, 6.07) is -0.859. The molecule has 0 aromatic rings. The molecule has 6 N–H and O–H groups in total. The van der Waals surface area contributed by atoms with Crippen molar-refractivity contribution in [2.45, 2.75) is 288 Å². The molecular weight excluding hydrogens is 847 g/mol. The van der Waals surface area contributed by atoms with Gasteiger partial charge in [-0.25, -0.2) is 4.18 Å².